The third kappa shape index (κ3) is 7.04. The van der Waals surface area contributed by atoms with Gasteiger partial charge in [0.25, 0.3) is 5.91 Å². The quantitative estimate of drug-likeness (QED) is 0.293. The van der Waals surface area contributed by atoms with Gasteiger partial charge in [0.2, 0.25) is 0 Å². The van der Waals surface area contributed by atoms with Crippen LogP contribution in [0.4, 0.5) is 11.4 Å². The summed E-state index contributed by atoms with van der Waals surface area (Å²) in [5, 5.41) is 14.9. The number of hydrogen-bond acceptors (Lipinski definition) is 5. The van der Waals surface area contributed by atoms with E-state index in [1.54, 1.807) is 12.1 Å². The van der Waals surface area contributed by atoms with Crippen molar-refractivity contribution < 1.29 is 9.53 Å². The molecule has 0 saturated carbocycles. The highest BCUT2D eigenvalue weighted by atomic mass is 35.5. The molecule has 1 aromatic carbocycles. The Kier molecular flexibility index (Phi) is 7.95. The smallest absolute Gasteiger partial charge is 0.267 e. The number of carbonyl (C=O) groups is 1. The minimum absolute atomic E-state index is 0.0253. The molecule has 0 saturated heterocycles. The Labute approximate surface area is 141 Å². The number of nitrogens with one attached hydrogen (secondary N) is 2. The average Bonchev–Trinajstić information content (AvgIpc) is 2.50. The molecule has 0 spiro atoms. The maximum atomic E-state index is 12.0. The Hall–Kier alpha value is -2.23. The molecule has 1 amide bonds. The van der Waals surface area contributed by atoms with Gasteiger partial charge in [-0.25, -0.2) is 0 Å². The first-order valence-corrected chi connectivity index (χ1v) is 7.63. The Balaban J connectivity index is 2.49. The van der Waals surface area contributed by atoms with Crippen LogP contribution in [0.3, 0.4) is 0 Å². The number of amides is 1. The number of anilines is 2. The normalized spacial score (nSPS) is 11.2. The first-order chi connectivity index (χ1) is 10.9. The van der Waals surface area contributed by atoms with Gasteiger partial charge in [0.1, 0.15) is 11.6 Å². The zero-order valence-corrected chi connectivity index (χ0v) is 14.0. The SMILES string of the molecule is CC(C)OCCCN/C=C(/C#N)C(=O)Nc1ccc(N)c(Cl)c1. The van der Waals surface area contributed by atoms with Crippen LogP contribution < -0.4 is 16.4 Å². The Morgan fingerprint density at radius 1 is 1.52 bits per heavy atom. The van der Waals surface area contributed by atoms with E-state index < -0.39 is 5.91 Å². The number of ether oxygens (including phenoxy) is 1. The summed E-state index contributed by atoms with van der Waals surface area (Å²) >= 11 is 5.88. The number of nitrogens with zero attached hydrogens (tertiary/aromatic N) is 1. The van der Waals surface area contributed by atoms with Crippen molar-refractivity contribution >= 4 is 28.9 Å². The van der Waals surface area contributed by atoms with Crippen LogP contribution in [0.1, 0.15) is 20.3 Å². The van der Waals surface area contributed by atoms with Crippen molar-refractivity contribution in [3.8, 4) is 6.07 Å². The molecule has 0 atom stereocenters. The van der Waals surface area contributed by atoms with Crippen molar-refractivity contribution in [3.63, 3.8) is 0 Å². The van der Waals surface area contributed by atoms with E-state index in [0.717, 1.165) is 6.42 Å². The maximum absolute atomic E-state index is 12.0. The molecule has 124 valence electrons. The van der Waals surface area contributed by atoms with Gasteiger partial charge in [0.05, 0.1) is 16.8 Å². The maximum Gasteiger partial charge on any atom is 0.267 e. The highest BCUT2D eigenvalue weighted by Gasteiger charge is 2.09. The van der Waals surface area contributed by atoms with Crippen LogP contribution in [0, 0.1) is 11.3 Å². The molecule has 0 unspecified atom stereocenters. The lowest BCUT2D eigenvalue weighted by atomic mass is 10.2. The van der Waals surface area contributed by atoms with E-state index in [4.69, 9.17) is 27.3 Å². The fourth-order valence-electron chi connectivity index (χ4n) is 1.62. The van der Waals surface area contributed by atoms with Crippen molar-refractivity contribution in [2.45, 2.75) is 26.4 Å². The number of hydrogen-bond donors (Lipinski definition) is 3. The molecule has 0 bridgehead atoms. The summed E-state index contributed by atoms with van der Waals surface area (Å²) < 4.78 is 5.39. The molecule has 6 nitrogen and oxygen atoms in total. The van der Waals surface area contributed by atoms with Gasteiger partial charge in [-0.05, 0) is 38.5 Å². The van der Waals surface area contributed by atoms with Gasteiger partial charge in [-0.2, -0.15) is 5.26 Å². The summed E-state index contributed by atoms with van der Waals surface area (Å²) in [5.41, 5.74) is 6.47. The molecular formula is C16H21ClN4O2. The monoisotopic (exact) mass is 336 g/mol. The lowest BCUT2D eigenvalue weighted by Crippen LogP contribution is -2.18. The Morgan fingerprint density at radius 2 is 2.26 bits per heavy atom. The lowest BCUT2D eigenvalue weighted by molar-refractivity contribution is -0.112. The van der Waals surface area contributed by atoms with Crippen molar-refractivity contribution in [1.29, 1.82) is 5.26 Å². The van der Waals surface area contributed by atoms with Crippen LogP contribution in [-0.2, 0) is 9.53 Å². The topological polar surface area (TPSA) is 100 Å². The van der Waals surface area contributed by atoms with E-state index in [2.05, 4.69) is 10.6 Å². The van der Waals surface area contributed by atoms with Gasteiger partial charge in [0.15, 0.2) is 0 Å². The summed E-state index contributed by atoms with van der Waals surface area (Å²) in [6.07, 6.45) is 2.37. The first-order valence-electron chi connectivity index (χ1n) is 7.25. The third-order valence-corrected chi connectivity index (χ3v) is 3.11. The number of nitrogens with two attached hydrogens (primary N) is 1. The number of nitrogen functional groups attached to an aromatic ring is 1. The minimum atomic E-state index is -0.515. The minimum Gasteiger partial charge on any atom is -0.398 e. The van der Waals surface area contributed by atoms with Crippen LogP contribution >= 0.6 is 11.6 Å². The first kappa shape index (κ1) is 18.8. The second-order valence-electron chi connectivity index (χ2n) is 5.09. The van der Waals surface area contributed by atoms with Gasteiger partial charge < -0.3 is 21.1 Å². The zero-order chi connectivity index (χ0) is 17.2. The highest BCUT2D eigenvalue weighted by molar-refractivity contribution is 6.33. The molecule has 0 fully saturated rings. The summed E-state index contributed by atoms with van der Waals surface area (Å²) in [5.74, 6) is -0.515. The van der Waals surface area contributed by atoms with Crippen LogP contribution in [0.5, 0.6) is 0 Å². The number of benzene rings is 1. The standard InChI is InChI=1S/C16H21ClN4O2/c1-11(2)23-7-3-6-20-10-12(9-18)16(22)21-13-4-5-15(19)14(17)8-13/h4-5,8,10-11,20H,3,6-7,19H2,1-2H3,(H,21,22)/b12-10-. The number of nitriles is 1. The number of halogens is 1. The Bertz CT molecular complexity index is 609. The molecule has 23 heavy (non-hydrogen) atoms. The molecule has 1 rings (SSSR count). The average molecular weight is 337 g/mol. The molecule has 0 aromatic heterocycles. The summed E-state index contributed by atoms with van der Waals surface area (Å²) in [6, 6.07) is 6.58. The summed E-state index contributed by atoms with van der Waals surface area (Å²) in [7, 11) is 0. The van der Waals surface area contributed by atoms with Gasteiger partial charge in [0, 0.05) is 25.0 Å². The molecular weight excluding hydrogens is 316 g/mol. The zero-order valence-electron chi connectivity index (χ0n) is 13.2. The molecule has 0 aliphatic carbocycles. The second-order valence-corrected chi connectivity index (χ2v) is 5.49. The van der Waals surface area contributed by atoms with Crippen LogP contribution in [0.2, 0.25) is 5.02 Å². The predicted molar refractivity (Wildman–Crippen MR) is 91.9 cm³/mol. The highest BCUT2D eigenvalue weighted by Crippen LogP contribution is 2.22. The lowest BCUT2D eigenvalue weighted by Gasteiger charge is -2.08. The van der Waals surface area contributed by atoms with E-state index in [0.29, 0.717) is 29.5 Å². The van der Waals surface area contributed by atoms with E-state index in [1.165, 1.54) is 12.3 Å². The van der Waals surface area contributed by atoms with Crippen molar-refractivity contribution in [2.75, 3.05) is 24.2 Å². The van der Waals surface area contributed by atoms with Crippen LogP contribution in [0.15, 0.2) is 30.0 Å². The molecule has 4 N–H and O–H groups in total. The van der Waals surface area contributed by atoms with Gasteiger partial charge >= 0.3 is 0 Å². The summed E-state index contributed by atoms with van der Waals surface area (Å²) in [4.78, 5) is 12.0. The van der Waals surface area contributed by atoms with Gasteiger partial charge in [-0.3, -0.25) is 4.79 Å². The molecule has 0 heterocycles. The van der Waals surface area contributed by atoms with E-state index in [9.17, 15) is 4.79 Å². The molecule has 0 radical (unpaired) electrons. The second kappa shape index (κ2) is 9.72. The largest absolute Gasteiger partial charge is 0.398 e. The van der Waals surface area contributed by atoms with Gasteiger partial charge in [-0.15, -0.1) is 0 Å². The van der Waals surface area contributed by atoms with E-state index in [-0.39, 0.29) is 11.7 Å². The number of carbonyl (C=O) groups excluding carboxylic acids is 1. The van der Waals surface area contributed by atoms with Gasteiger partial charge in [-0.1, -0.05) is 11.6 Å². The molecule has 7 heteroatoms. The molecule has 0 aliphatic heterocycles. The summed E-state index contributed by atoms with van der Waals surface area (Å²) in [6.45, 7) is 5.17. The fraction of sp³-hybridized carbons (Fsp3) is 0.375. The fourth-order valence-corrected chi connectivity index (χ4v) is 1.80. The van der Waals surface area contributed by atoms with E-state index in [1.807, 2.05) is 19.9 Å². The van der Waals surface area contributed by atoms with Crippen LogP contribution in [-0.4, -0.2) is 25.2 Å². The van der Waals surface area contributed by atoms with Crippen molar-refractivity contribution in [3.05, 3.63) is 35.0 Å². The molecule has 1 aromatic rings. The van der Waals surface area contributed by atoms with Crippen LogP contribution in [0.25, 0.3) is 0 Å². The molecule has 0 aliphatic rings. The van der Waals surface area contributed by atoms with Crippen molar-refractivity contribution in [1.82, 2.24) is 5.32 Å². The third-order valence-electron chi connectivity index (χ3n) is 2.79. The van der Waals surface area contributed by atoms with E-state index >= 15 is 0 Å². The van der Waals surface area contributed by atoms with Crippen molar-refractivity contribution in [2.24, 2.45) is 0 Å². The predicted octanol–water partition coefficient (Wildman–Crippen LogP) is 2.67. The Morgan fingerprint density at radius 3 is 2.87 bits per heavy atom. The number of rotatable bonds is 8.